The monoisotopic (exact) mass is 261 g/mol. The number of urea groups is 1. The van der Waals surface area contributed by atoms with Gasteiger partial charge in [0, 0.05) is 13.1 Å². The number of carbonyl (C=O) groups excluding carboxylic acids is 2. The quantitative estimate of drug-likeness (QED) is 0.469. The summed E-state index contributed by atoms with van der Waals surface area (Å²) in [5.74, 6) is -1.69. The van der Waals surface area contributed by atoms with Gasteiger partial charge in [0.1, 0.15) is 6.54 Å². The van der Waals surface area contributed by atoms with Gasteiger partial charge in [-0.2, -0.15) is 0 Å². The highest BCUT2D eigenvalue weighted by atomic mass is 16.4. The molecule has 0 aromatic carbocycles. The third-order valence-electron chi connectivity index (χ3n) is 1.96. The molecule has 18 heavy (non-hydrogen) atoms. The molecule has 8 nitrogen and oxygen atoms in total. The molecular weight excluding hydrogens is 242 g/mol. The Balaban J connectivity index is 4.26. The van der Waals surface area contributed by atoms with Crippen LogP contribution in [0.5, 0.6) is 0 Å². The normalized spacial score (nSPS) is 11.8. The second kappa shape index (κ2) is 7.49. The molecule has 0 bridgehead atoms. The number of aliphatic hydroxyl groups excluding tert-OH is 1. The van der Waals surface area contributed by atoms with Gasteiger partial charge in [-0.05, 0) is 13.8 Å². The number of carboxylic acid groups (broad SMARTS) is 1. The first kappa shape index (κ1) is 16.2. The fourth-order valence-corrected chi connectivity index (χ4v) is 1.10. The first-order valence-electron chi connectivity index (χ1n) is 5.42. The van der Waals surface area contributed by atoms with E-state index in [4.69, 9.17) is 10.2 Å². The molecule has 0 spiro atoms. The molecule has 0 aromatic rings. The second-order valence-corrected chi connectivity index (χ2v) is 4.10. The molecule has 0 unspecified atom stereocenters. The lowest BCUT2D eigenvalue weighted by Crippen LogP contribution is -2.50. The summed E-state index contributed by atoms with van der Waals surface area (Å²) in [5.41, 5.74) is 0. The number of rotatable bonds is 6. The van der Waals surface area contributed by atoms with Crippen molar-refractivity contribution < 1.29 is 24.6 Å². The maximum atomic E-state index is 11.5. The molecule has 0 aromatic heterocycles. The van der Waals surface area contributed by atoms with Crippen LogP contribution in [0.15, 0.2) is 0 Å². The van der Waals surface area contributed by atoms with E-state index in [1.807, 2.05) is 0 Å². The highest BCUT2D eigenvalue weighted by molar-refractivity contribution is 5.86. The van der Waals surface area contributed by atoms with Crippen LogP contribution in [0.3, 0.4) is 0 Å². The van der Waals surface area contributed by atoms with Gasteiger partial charge in [-0.1, -0.05) is 0 Å². The number of aliphatic carboxylic acids is 1. The minimum absolute atomic E-state index is 0.0434. The van der Waals surface area contributed by atoms with E-state index in [9.17, 15) is 14.4 Å². The molecule has 0 fully saturated rings. The Morgan fingerprint density at radius 2 is 1.78 bits per heavy atom. The molecular formula is C10H19N3O5. The van der Waals surface area contributed by atoms with Crippen LogP contribution < -0.4 is 10.6 Å². The molecule has 0 radical (unpaired) electrons. The van der Waals surface area contributed by atoms with E-state index in [2.05, 4.69) is 10.6 Å². The van der Waals surface area contributed by atoms with Crippen molar-refractivity contribution in [3.63, 3.8) is 0 Å². The predicted molar refractivity (Wildman–Crippen MR) is 63.0 cm³/mol. The van der Waals surface area contributed by atoms with Crippen molar-refractivity contribution in [2.24, 2.45) is 0 Å². The van der Waals surface area contributed by atoms with E-state index in [-0.39, 0.29) is 18.5 Å². The van der Waals surface area contributed by atoms with E-state index >= 15 is 0 Å². The van der Waals surface area contributed by atoms with Gasteiger partial charge in [0.2, 0.25) is 5.91 Å². The predicted octanol–water partition coefficient (Wildman–Crippen LogP) is -1.40. The van der Waals surface area contributed by atoms with E-state index in [0.717, 1.165) is 4.90 Å². The summed E-state index contributed by atoms with van der Waals surface area (Å²) in [5, 5.41) is 22.0. The van der Waals surface area contributed by atoms with Gasteiger partial charge in [-0.25, -0.2) is 9.59 Å². The zero-order chi connectivity index (χ0) is 14.3. The highest BCUT2D eigenvalue weighted by Crippen LogP contribution is 1.90. The van der Waals surface area contributed by atoms with Crippen molar-refractivity contribution >= 4 is 17.9 Å². The average Bonchev–Trinajstić information content (AvgIpc) is 2.23. The summed E-state index contributed by atoms with van der Waals surface area (Å²) in [4.78, 5) is 34.5. The average molecular weight is 261 g/mol. The van der Waals surface area contributed by atoms with Crippen LogP contribution in [0.25, 0.3) is 0 Å². The van der Waals surface area contributed by atoms with Gasteiger partial charge in [0.15, 0.2) is 6.04 Å². The van der Waals surface area contributed by atoms with Crippen LogP contribution in [-0.2, 0) is 9.59 Å². The van der Waals surface area contributed by atoms with Crippen LogP contribution in [0, 0.1) is 0 Å². The van der Waals surface area contributed by atoms with Crippen molar-refractivity contribution in [2.45, 2.75) is 25.9 Å². The third kappa shape index (κ3) is 6.04. The number of aliphatic hydroxyl groups is 1. The van der Waals surface area contributed by atoms with Crippen LogP contribution >= 0.6 is 0 Å². The molecule has 0 saturated carbocycles. The van der Waals surface area contributed by atoms with Gasteiger partial charge >= 0.3 is 12.0 Å². The topological polar surface area (TPSA) is 119 Å². The largest absolute Gasteiger partial charge is 0.480 e. The summed E-state index contributed by atoms with van der Waals surface area (Å²) in [6.45, 7) is 2.66. The van der Waals surface area contributed by atoms with Gasteiger partial charge in [0.25, 0.3) is 0 Å². The summed E-state index contributed by atoms with van der Waals surface area (Å²) < 4.78 is 0. The molecule has 0 rings (SSSR count). The maximum Gasteiger partial charge on any atom is 0.328 e. The molecule has 3 amide bonds. The smallest absolute Gasteiger partial charge is 0.328 e. The molecule has 0 aliphatic rings. The van der Waals surface area contributed by atoms with Gasteiger partial charge in [-0.3, -0.25) is 4.79 Å². The first-order valence-corrected chi connectivity index (χ1v) is 5.42. The molecule has 0 saturated heterocycles. The van der Waals surface area contributed by atoms with E-state index in [1.165, 1.54) is 7.05 Å². The molecule has 1 atom stereocenters. The van der Waals surface area contributed by atoms with Gasteiger partial charge in [-0.15, -0.1) is 0 Å². The van der Waals surface area contributed by atoms with E-state index < -0.39 is 24.6 Å². The van der Waals surface area contributed by atoms with Crippen molar-refractivity contribution in [3.05, 3.63) is 0 Å². The summed E-state index contributed by atoms with van der Waals surface area (Å²) in [7, 11) is 1.35. The molecule has 0 aliphatic carbocycles. The SMILES string of the molecule is CC(C)NC(=O)CN(C)C(=O)N[C@@H](CO)C(=O)O. The number of nitrogens with one attached hydrogen (secondary N) is 2. The zero-order valence-corrected chi connectivity index (χ0v) is 10.6. The lowest BCUT2D eigenvalue weighted by atomic mass is 10.3. The number of amides is 3. The number of carbonyl (C=O) groups is 3. The Kier molecular flexibility index (Phi) is 6.73. The zero-order valence-electron chi connectivity index (χ0n) is 10.6. The molecule has 4 N–H and O–H groups in total. The van der Waals surface area contributed by atoms with E-state index in [1.54, 1.807) is 13.8 Å². The number of likely N-dealkylation sites (N-methyl/N-ethyl adjacent to an activating group) is 1. The molecule has 104 valence electrons. The summed E-state index contributed by atoms with van der Waals surface area (Å²) in [6.07, 6.45) is 0. The Morgan fingerprint density at radius 3 is 2.17 bits per heavy atom. The lowest BCUT2D eigenvalue weighted by molar-refractivity contribution is -0.140. The second-order valence-electron chi connectivity index (χ2n) is 4.10. The van der Waals surface area contributed by atoms with Gasteiger partial charge < -0.3 is 25.7 Å². The third-order valence-corrected chi connectivity index (χ3v) is 1.96. The Bertz CT molecular complexity index is 319. The fourth-order valence-electron chi connectivity index (χ4n) is 1.10. The number of hydrogen-bond donors (Lipinski definition) is 4. The molecule has 0 heterocycles. The number of hydrogen-bond acceptors (Lipinski definition) is 4. The maximum absolute atomic E-state index is 11.5. The van der Waals surface area contributed by atoms with Crippen molar-refractivity contribution in [3.8, 4) is 0 Å². The number of nitrogens with zero attached hydrogens (tertiary/aromatic N) is 1. The number of carboxylic acids is 1. The van der Waals surface area contributed by atoms with Gasteiger partial charge in [0.05, 0.1) is 6.61 Å². The fraction of sp³-hybridized carbons (Fsp3) is 0.700. The van der Waals surface area contributed by atoms with Crippen molar-refractivity contribution in [2.75, 3.05) is 20.2 Å². The van der Waals surface area contributed by atoms with Crippen molar-refractivity contribution in [1.29, 1.82) is 0 Å². The first-order chi connectivity index (χ1) is 8.27. The van der Waals surface area contributed by atoms with Crippen LogP contribution in [0.4, 0.5) is 4.79 Å². The Labute approximate surface area is 105 Å². The van der Waals surface area contributed by atoms with Crippen LogP contribution in [-0.4, -0.2) is 65.3 Å². The molecule has 8 heteroatoms. The van der Waals surface area contributed by atoms with Crippen LogP contribution in [0.2, 0.25) is 0 Å². The Morgan fingerprint density at radius 1 is 1.22 bits per heavy atom. The minimum Gasteiger partial charge on any atom is -0.480 e. The minimum atomic E-state index is -1.38. The standard InChI is InChI=1S/C10H19N3O5/c1-6(2)11-8(15)4-13(3)10(18)12-7(5-14)9(16)17/h6-7,14H,4-5H2,1-3H3,(H,11,15)(H,12,18)(H,16,17)/t7-/m0/s1. The van der Waals surface area contributed by atoms with Crippen LogP contribution in [0.1, 0.15) is 13.8 Å². The molecule has 0 aliphatic heterocycles. The van der Waals surface area contributed by atoms with E-state index in [0.29, 0.717) is 0 Å². The van der Waals surface area contributed by atoms with Crippen molar-refractivity contribution in [1.82, 2.24) is 15.5 Å². The summed E-state index contributed by atoms with van der Waals surface area (Å²) in [6, 6.07) is -2.17. The Hall–Kier alpha value is -1.83. The lowest BCUT2D eigenvalue weighted by Gasteiger charge is -2.20. The summed E-state index contributed by atoms with van der Waals surface area (Å²) >= 11 is 0. The highest BCUT2D eigenvalue weighted by Gasteiger charge is 2.21.